The maximum Gasteiger partial charge on any atom is 0.302 e. The quantitative estimate of drug-likeness (QED) is 0.584. The molecular weight excluding hydrogens is 262 g/mol. The fourth-order valence-corrected chi connectivity index (χ4v) is 3.01. The van der Waals surface area contributed by atoms with Gasteiger partial charge in [0.15, 0.2) is 0 Å². The number of esters is 1. The molecule has 0 saturated carbocycles. The number of hydrogen-bond acceptors (Lipinski definition) is 5. The van der Waals surface area contributed by atoms with Crippen LogP contribution in [0.1, 0.15) is 20.8 Å². The van der Waals surface area contributed by atoms with Crippen LogP contribution >= 0.6 is 11.8 Å². The summed E-state index contributed by atoms with van der Waals surface area (Å²) >= 11 is 1.61. The van der Waals surface area contributed by atoms with Gasteiger partial charge in [-0.15, -0.1) is 0 Å². The molecule has 2 aliphatic heterocycles. The molecule has 4 atom stereocenters. The second-order valence-electron chi connectivity index (χ2n) is 4.43. The van der Waals surface area contributed by atoms with E-state index < -0.39 is 0 Å². The summed E-state index contributed by atoms with van der Waals surface area (Å²) < 4.78 is 10.7. The third-order valence-corrected chi connectivity index (χ3v) is 4.08. The number of nitrogens with zero attached hydrogens (tertiary/aromatic N) is 1. The lowest BCUT2D eigenvalue weighted by molar-refractivity contribution is -0.145. The van der Waals surface area contributed by atoms with Crippen molar-refractivity contribution in [1.82, 2.24) is 0 Å². The number of carbonyl (C=O) groups excluding carboxylic acids is 1. The minimum atomic E-state index is -0.343. The number of thioether (sulfide) groups is 1. The Hall–Kier alpha value is -0.810. The highest BCUT2D eigenvalue weighted by atomic mass is 32.2. The molecule has 2 heterocycles. The van der Waals surface area contributed by atoms with E-state index in [1.807, 2.05) is 13.0 Å². The number of ether oxygens (including phenoxy) is 2. The van der Waals surface area contributed by atoms with Crippen LogP contribution in [0.5, 0.6) is 0 Å². The van der Waals surface area contributed by atoms with Crippen molar-refractivity contribution in [2.24, 2.45) is 10.9 Å². The molecule has 0 aliphatic carbocycles. The predicted molar refractivity (Wildman–Crippen MR) is 74.6 cm³/mol. The summed E-state index contributed by atoms with van der Waals surface area (Å²) in [7, 11) is 0. The number of hydrogen-bond donors (Lipinski definition) is 0. The van der Waals surface area contributed by atoms with E-state index in [0.29, 0.717) is 0 Å². The minimum Gasteiger partial charge on any atom is -0.463 e. The Morgan fingerprint density at radius 3 is 3.11 bits per heavy atom. The van der Waals surface area contributed by atoms with Crippen LogP contribution in [0.2, 0.25) is 0 Å². The van der Waals surface area contributed by atoms with E-state index >= 15 is 0 Å². The maximum atomic E-state index is 10.8. The summed E-state index contributed by atoms with van der Waals surface area (Å²) in [5, 5.41) is 1.05. The number of aliphatic imine (C=N–C) groups is 1. The fourth-order valence-electron chi connectivity index (χ4n) is 1.86. The molecule has 0 N–H and O–H groups in total. The SMILES string of the molecule is C/C=C/C(C)C1=N[C@@H]2[C][C][C@H](COC(C)=O)O[C@@H]2S1. The Morgan fingerprint density at radius 2 is 2.42 bits per heavy atom. The molecule has 4 radical (unpaired) electrons. The lowest BCUT2D eigenvalue weighted by atomic mass is 10.1. The second-order valence-corrected chi connectivity index (χ2v) is 5.55. The van der Waals surface area contributed by atoms with E-state index in [4.69, 9.17) is 9.47 Å². The molecule has 19 heavy (non-hydrogen) atoms. The van der Waals surface area contributed by atoms with Gasteiger partial charge < -0.3 is 9.47 Å². The summed E-state index contributed by atoms with van der Waals surface area (Å²) in [6.45, 7) is 5.66. The molecule has 0 aromatic rings. The zero-order chi connectivity index (χ0) is 13.8. The van der Waals surface area contributed by atoms with E-state index in [2.05, 4.69) is 30.8 Å². The van der Waals surface area contributed by atoms with Crippen molar-refractivity contribution in [1.29, 1.82) is 0 Å². The van der Waals surface area contributed by atoms with Crippen LogP contribution < -0.4 is 0 Å². The molecular formula is C14H17NO3S. The van der Waals surface area contributed by atoms with Gasteiger partial charge in [-0.25, -0.2) is 0 Å². The van der Waals surface area contributed by atoms with Crippen LogP contribution in [0.15, 0.2) is 17.1 Å². The van der Waals surface area contributed by atoms with Gasteiger partial charge in [-0.3, -0.25) is 9.79 Å². The second kappa shape index (κ2) is 6.57. The monoisotopic (exact) mass is 279 g/mol. The van der Waals surface area contributed by atoms with Gasteiger partial charge in [0.25, 0.3) is 0 Å². The van der Waals surface area contributed by atoms with Crippen molar-refractivity contribution in [3.05, 3.63) is 25.0 Å². The van der Waals surface area contributed by atoms with Gasteiger partial charge in [0.2, 0.25) is 0 Å². The zero-order valence-corrected chi connectivity index (χ0v) is 12.1. The summed E-state index contributed by atoms with van der Waals surface area (Å²) in [5.74, 6) is -0.0248. The number of allylic oxidation sites excluding steroid dienone is 2. The third kappa shape index (κ3) is 3.83. The smallest absolute Gasteiger partial charge is 0.302 e. The molecule has 0 spiro atoms. The maximum absolute atomic E-state index is 10.8. The molecule has 0 aromatic carbocycles. The van der Waals surface area contributed by atoms with E-state index in [9.17, 15) is 4.79 Å². The Labute approximate surface area is 118 Å². The molecule has 0 aromatic heterocycles. The van der Waals surface area contributed by atoms with Crippen LogP contribution in [0, 0.1) is 18.8 Å². The van der Waals surface area contributed by atoms with Crippen LogP contribution in [-0.2, 0) is 14.3 Å². The predicted octanol–water partition coefficient (Wildman–Crippen LogP) is 2.16. The molecule has 1 fully saturated rings. The van der Waals surface area contributed by atoms with Crippen molar-refractivity contribution >= 4 is 22.8 Å². The highest BCUT2D eigenvalue weighted by molar-refractivity contribution is 8.14. The fraction of sp³-hybridized carbons (Fsp3) is 0.571. The molecule has 0 amide bonds. The summed E-state index contributed by atoms with van der Waals surface area (Å²) in [6, 6.07) is -0.0960. The molecule has 5 heteroatoms. The van der Waals surface area contributed by atoms with E-state index in [0.717, 1.165) is 5.04 Å². The van der Waals surface area contributed by atoms with Crippen LogP contribution in [0.25, 0.3) is 0 Å². The van der Waals surface area contributed by atoms with Gasteiger partial charge in [-0.05, 0) is 6.92 Å². The van der Waals surface area contributed by atoms with E-state index in [1.54, 1.807) is 11.8 Å². The summed E-state index contributed by atoms with van der Waals surface area (Å²) in [4.78, 5) is 15.3. The Balaban J connectivity index is 1.87. The van der Waals surface area contributed by atoms with Gasteiger partial charge >= 0.3 is 5.97 Å². The van der Waals surface area contributed by atoms with Crippen molar-refractivity contribution in [3.8, 4) is 0 Å². The Bertz CT molecular complexity index is 394. The highest BCUT2D eigenvalue weighted by Crippen LogP contribution is 2.37. The van der Waals surface area contributed by atoms with Gasteiger partial charge in [0.05, 0.1) is 11.1 Å². The number of carbonyl (C=O) groups is 1. The number of rotatable bonds is 4. The molecule has 1 unspecified atom stereocenters. The molecule has 0 bridgehead atoms. The lowest BCUT2D eigenvalue weighted by Gasteiger charge is -2.29. The first-order chi connectivity index (χ1) is 9.10. The van der Waals surface area contributed by atoms with Gasteiger partial charge in [0, 0.05) is 25.7 Å². The normalized spacial score (nSPS) is 31.9. The van der Waals surface area contributed by atoms with Gasteiger partial charge in [-0.1, -0.05) is 30.8 Å². The first kappa shape index (κ1) is 14.6. The van der Waals surface area contributed by atoms with Crippen LogP contribution in [0.3, 0.4) is 0 Å². The summed E-state index contributed by atoms with van der Waals surface area (Å²) in [5.41, 5.74) is -0.0792. The van der Waals surface area contributed by atoms with Crippen LogP contribution in [-0.4, -0.2) is 35.2 Å². The first-order valence-corrected chi connectivity index (χ1v) is 7.15. The minimum absolute atomic E-state index is 0.0792. The van der Waals surface area contributed by atoms with Gasteiger partial charge in [-0.2, -0.15) is 0 Å². The van der Waals surface area contributed by atoms with Crippen molar-refractivity contribution in [2.75, 3.05) is 6.61 Å². The number of fused-ring (bicyclic) bond motifs is 1. The first-order valence-electron chi connectivity index (χ1n) is 6.27. The lowest BCUT2D eigenvalue weighted by Crippen LogP contribution is -2.37. The molecule has 1 saturated heterocycles. The zero-order valence-electron chi connectivity index (χ0n) is 11.3. The van der Waals surface area contributed by atoms with Crippen molar-refractivity contribution < 1.29 is 14.3 Å². The Morgan fingerprint density at radius 1 is 1.63 bits per heavy atom. The largest absolute Gasteiger partial charge is 0.463 e. The average Bonchev–Trinajstić information content (AvgIpc) is 2.79. The highest BCUT2D eigenvalue weighted by Gasteiger charge is 2.39. The van der Waals surface area contributed by atoms with Crippen molar-refractivity contribution in [2.45, 2.75) is 38.4 Å². The van der Waals surface area contributed by atoms with Crippen LogP contribution in [0.4, 0.5) is 0 Å². The van der Waals surface area contributed by atoms with Gasteiger partial charge in [0.1, 0.15) is 18.1 Å². The topological polar surface area (TPSA) is 47.9 Å². The van der Waals surface area contributed by atoms with Crippen molar-refractivity contribution in [3.63, 3.8) is 0 Å². The third-order valence-electron chi connectivity index (χ3n) is 2.76. The summed E-state index contributed by atoms with van der Waals surface area (Å²) in [6.07, 6.45) is 9.81. The van der Waals surface area contributed by atoms with E-state index in [1.165, 1.54) is 6.92 Å². The standard InChI is InChI=1S/C14H17NO3S/c1-4-5-9(2)13-15-12-7-6-11(8-17-10(3)16)18-14(12)19-13/h4-5,9,11-12,14H,8H2,1-3H3/b5-4+/t9?,11-,12-,14-/m1/s1. The molecule has 2 rings (SSSR count). The average molecular weight is 279 g/mol. The molecule has 4 nitrogen and oxygen atoms in total. The Kier molecular flexibility index (Phi) is 5.05. The molecule has 102 valence electrons. The molecule has 2 aliphatic rings. The van der Waals surface area contributed by atoms with E-state index in [-0.39, 0.29) is 36.1 Å².